The van der Waals surface area contributed by atoms with E-state index in [0.29, 0.717) is 0 Å². The van der Waals surface area contributed by atoms with Crippen LogP contribution in [-0.2, 0) is 13.1 Å². The molecule has 3 nitrogen and oxygen atoms in total. The second kappa shape index (κ2) is 6.85. The lowest BCUT2D eigenvalue weighted by molar-refractivity contribution is 0.488. The van der Waals surface area contributed by atoms with E-state index < -0.39 is 0 Å². The van der Waals surface area contributed by atoms with Crippen molar-refractivity contribution in [2.24, 2.45) is 0 Å². The summed E-state index contributed by atoms with van der Waals surface area (Å²) in [7, 11) is 1.99. The predicted octanol–water partition coefficient (Wildman–Crippen LogP) is 3.80. The molecule has 3 rings (SSSR count). The van der Waals surface area contributed by atoms with E-state index in [1.54, 1.807) is 11.3 Å². The fraction of sp³-hybridized carbons (Fsp3) is 0.176. The molecule has 0 radical (unpaired) electrons. The van der Waals surface area contributed by atoms with Gasteiger partial charge in [-0.15, -0.1) is 11.3 Å². The number of benzene rings is 2. The van der Waals surface area contributed by atoms with Crippen LogP contribution in [0.25, 0.3) is 10.2 Å². The zero-order valence-corrected chi connectivity index (χ0v) is 14.0. The Morgan fingerprint density at radius 1 is 1.14 bits per heavy atom. The molecule has 3 aromatic rings. The van der Waals surface area contributed by atoms with Crippen molar-refractivity contribution in [2.75, 3.05) is 7.05 Å². The molecule has 2 aromatic carbocycles. The fourth-order valence-corrected chi connectivity index (χ4v) is 3.33. The molecule has 1 N–H and O–H groups in total. The maximum absolute atomic E-state index is 5.45. The molecule has 1 heterocycles. The molecule has 0 atom stereocenters. The Kier molecular flexibility index (Phi) is 4.65. The molecular formula is C17H17N3S2. The van der Waals surface area contributed by atoms with Gasteiger partial charge < -0.3 is 10.2 Å². The van der Waals surface area contributed by atoms with E-state index in [-0.39, 0.29) is 0 Å². The van der Waals surface area contributed by atoms with Crippen molar-refractivity contribution >= 4 is 38.9 Å². The number of nitrogens with zero attached hydrogens (tertiary/aromatic N) is 2. The van der Waals surface area contributed by atoms with Crippen molar-refractivity contribution in [1.29, 1.82) is 0 Å². The number of thiazole rings is 1. The molecule has 0 aliphatic rings. The summed E-state index contributed by atoms with van der Waals surface area (Å²) in [6.45, 7) is 1.46. The Hall–Kier alpha value is -1.98. The van der Waals surface area contributed by atoms with Crippen LogP contribution in [0, 0.1) is 0 Å². The number of fused-ring (bicyclic) bond motifs is 1. The molecule has 22 heavy (non-hydrogen) atoms. The third-order valence-electron chi connectivity index (χ3n) is 3.34. The molecule has 0 amide bonds. The first-order valence-electron chi connectivity index (χ1n) is 7.10. The molecule has 0 bridgehead atoms. The Labute approximate surface area is 139 Å². The molecule has 0 unspecified atom stereocenters. The topological polar surface area (TPSA) is 28.2 Å². The van der Waals surface area contributed by atoms with Gasteiger partial charge in [-0.25, -0.2) is 4.98 Å². The van der Waals surface area contributed by atoms with Crippen molar-refractivity contribution in [1.82, 2.24) is 15.2 Å². The van der Waals surface area contributed by atoms with Crippen LogP contribution in [0.2, 0.25) is 0 Å². The minimum atomic E-state index is 0.722. The molecule has 5 heteroatoms. The Morgan fingerprint density at radius 2 is 1.86 bits per heavy atom. The van der Waals surface area contributed by atoms with E-state index in [2.05, 4.69) is 28.5 Å². The van der Waals surface area contributed by atoms with Crippen molar-refractivity contribution in [3.63, 3.8) is 0 Å². The monoisotopic (exact) mass is 327 g/mol. The summed E-state index contributed by atoms with van der Waals surface area (Å²) in [6, 6.07) is 18.5. The highest BCUT2D eigenvalue weighted by molar-refractivity contribution is 7.80. The predicted molar refractivity (Wildman–Crippen MR) is 97.0 cm³/mol. The first-order chi connectivity index (χ1) is 10.7. The third-order valence-corrected chi connectivity index (χ3v) is 4.82. The van der Waals surface area contributed by atoms with Crippen LogP contribution in [-0.4, -0.2) is 22.0 Å². The van der Waals surface area contributed by atoms with Gasteiger partial charge in [0.05, 0.1) is 16.8 Å². The second-order valence-electron chi connectivity index (χ2n) is 5.08. The summed E-state index contributed by atoms with van der Waals surface area (Å²) in [5.74, 6) is 0. The maximum atomic E-state index is 5.45. The van der Waals surface area contributed by atoms with Crippen LogP contribution in [0.15, 0.2) is 54.6 Å². The van der Waals surface area contributed by atoms with E-state index in [9.17, 15) is 0 Å². The number of rotatable bonds is 4. The van der Waals surface area contributed by atoms with Crippen molar-refractivity contribution in [3.8, 4) is 0 Å². The van der Waals surface area contributed by atoms with Gasteiger partial charge in [0, 0.05) is 13.6 Å². The van der Waals surface area contributed by atoms with Gasteiger partial charge in [-0.1, -0.05) is 42.5 Å². The van der Waals surface area contributed by atoms with Gasteiger partial charge in [0.2, 0.25) is 0 Å². The van der Waals surface area contributed by atoms with Crippen LogP contribution >= 0.6 is 23.6 Å². The lowest BCUT2D eigenvalue weighted by Gasteiger charge is -2.19. The lowest BCUT2D eigenvalue weighted by Crippen LogP contribution is -2.36. The average molecular weight is 327 g/mol. The van der Waals surface area contributed by atoms with Gasteiger partial charge in [-0.05, 0) is 29.9 Å². The molecule has 0 fully saturated rings. The number of nitrogens with one attached hydrogen (secondary N) is 1. The van der Waals surface area contributed by atoms with Crippen LogP contribution in [0.5, 0.6) is 0 Å². The first kappa shape index (κ1) is 14.9. The maximum Gasteiger partial charge on any atom is 0.169 e. The zero-order chi connectivity index (χ0) is 15.4. The van der Waals surface area contributed by atoms with E-state index >= 15 is 0 Å². The summed E-state index contributed by atoms with van der Waals surface area (Å²) in [6.07, 6.45) is 0. The van der Waals surface area contributed by atoms with Crippen molar-refractivity contribution in [3.05, 3.63) is 65.2 Å². The van der Waals surface area contributed by atoms with Crippen molar-refractivity contribution in [2.45, 2.75) is 13.1 Å². The van der Waals surface area contributed by atoms with Gasteiger partial charge >= 0.3 is 0 Å². The van der Waals surface area contributed by atoms with Crippen molar-refractivity contribution < 1.29 is 0 Å². The van der Waals surface area contributed by atoms with Gasteiger partial charge in [0.15, 0.2) is 5.11 Å². The SMILES string of the molecule is CN(Cc1nc2ccccc2s1)C(=S)NCc1ccccc1. The fourth-order valence-electron chi connectivity index (χ4n) is 2.17. The highest BCUT2D eigenvalue weighted by Gasteiger charge is 2.09. The van der Waals surface area contributed by atoms with E-state index in [4.69, 9.17) is 12.2 Å². The Bertz CT molecular complexity index is 735. The van der Waals surface area contributed by atoms with E-state index in [0.717, 1.165) is 28.7 Å². The molecule has 0 spiro atoms. The first-order valence-corrected chi connectivity index (χ1v) is 8.32. The van der Waals surface area contributed by atoms with Gasteiger partial charge in [0.25, 0.3) is 0 Å². The summed E-state index contributed by atoms with van der Waals surface area (Å²) < 4.78 is 1.22. The lowest BCUT2D eigenvalue weighted by atomic mass is 10.2. The molecular weight excluding hydrogens is 310 g/mol. The summed E-state index contributed by atoms with van der Waals surface area (Å²) in [5.41, 5.74) is 2.28. The molecule has 0 aliphatic carbocycles. The number of hydrogen-bond acceptors (Lipinski definition) is 3. The average Bonchev–Trinajstić information content (AvgIpc) is 2.95. The minimum absolute atomic E-state index is 0.722. The Balaban J connectivity index is 1.58. The summed E-state index contributed by atoms with van der Waals surface area (Å²) in [5, 5.41) is 5.10. The standard InChI is InChI=1S/C17H17N3S2/c1-20(17(21)18-11-13-7-3-2-4-8-13)12-16-19-14-9-5-6-10-15(14)22-16/h2-10H,11-12H2,1H3,(H,18,21). The van der Waals surface area contributed by atoms with E-state index in [1.807, 2.05) is 48.3 Å². The quantitative estimate of drug-likeness (QED) is 0.738. The van der Waals surface area contributed by atoms with Gasteiger partial charge in [-0.3, -0.25) is 0 Å². The largest absolute Gasteiger partial charge is 0.358 e. The smallest absolute Gasteiger partial charge is 0.169 e. The minimum Gasteiger partial charge on any atom is -0.358 e. The van der Waals surface area contributed by atoms with E-state index in [1.165, 1.54) is 10.3 Å². The van der Waals surface area contributed by atoms with Crippen LogP contribution in [0.4, 0.5) is 0 Å². The number of thiocarbonyl (C=S) groups is 1. The number of para-hydroxylation sites is 1. The van der Waals surface area contributed by atoms with Gasteiger partial charge in [-0.2, -0.15) is 0 Å². The second-order valence-corrected chi connectivity index (χ2v) is 6.58. The highest BCUT2D eigenvalue weighted by atomic mass is 32.1. The zero-order valence-electron chi connectivity index (χ0n) is 12.3. The molecule has 0 saturated carbocycles. The highest BCUT2D eigenvalue weighted by Crippen LogP contribution is 2.22. The molecule has 1 aromatic heterocycles. The van der Waals surface area contributed by atoms with Crippen LogP contribution < -0.4 is 5.32 Å². The Morgan fingerprint density at radius 3 is 2.64 bits per heavy atom. The van der Waals surface area contributed by atoms with Gasteiger partial charge in [0.1, 0.15) is 5.01 Å². The number of aromatic nitrogens is 1. The third kappa shape index (κ3) is 3.61. The van der Waals surface area contributed by atoms with Crippen LogP contribution in [0.3, 0.4) is 0 Å². The normalized spacial score (nSPS) is 10.6. The molecule has 0 saturated heterocycles. The molecule has 112 valence electrons. The van der Waals surface area contributed by atoms with Crippen LogP contribution in [0.1, 0.15) is 10.6 Å². The summed E-state index contributed by atoms with van der Waals surface area (Å²) >= 11 is 7.16. The molecule has 0 aliphatic heterocycles. The number of hydrogen-bond donors (Lipinski definition) is 1. The summed E-state index contributed by atoms with van der Waals surface area (Å²) in [4.78, 5) is 6.67.